The largest absolute Gasteiger partial charge is 0.324 e. The third-order valence-corrected chi connectivity index (χ3v) is 2.97. The lowest BCUT2D eigenvalue weighted by Crippen LogP contribution is -2.10. The number of benzene rings is 1. The summed E-state index contributed by atoms with van der Waals surface area (Å²) in [5, 5.41) is 2.41. The van der Waals surface area contributed by atoms with Crippen molar-refractivity contribution in [2.75, 3.05) is 0 Å². The van der Waals surface area contributed by atoms with E-state index in [-0.39, 0.29) is 6.04 Å². The van der Waals surface area contributed by atoms with Crippen LogP contribution in [0.4, 0.5) is 0 Å². The third-order valence-electron chi connectivity index (χ3n) is 2.97. The molecule has 0 saturated heterocycles. The van der Waals surface area contributed by atoms with E-state index in [0.717, 1.165) is 6.42 Å². The first kappa shape index (κ1) is 11.1. The first-order valence-electron chi connectivity index (χ1n) is 5.91. The van der Waals surface area contributed by atoms with Crippen molar-refractivity contribution in [3.63, 3.8) is 0 Å². The van der Waals surface area contributed by atoms with Crippen LogP contribution in [-0.2, 0) is 0 Å². The van der Waals surface area contributed by atoms with Crippen LogP contribution in [-0.4, -0.2) is 4.98 Å². The van der Waals surface area contributed by atoms with Gasteiger partial charge in [0.2, 0.25) is 0 Å². The maximum Gasteiger partial charge on any atom is 0.0346 e. The highest BCUT2D eigenvalue weighted by Gasteiger charge is 2.09. The van der Waals surface area contributed by atoms with Crippen LogP contribution < -0.4 is 5.73 Å². The summed E-state index contributed by atoms with van der Waals surface area (Å²) in [7, 11) is 0. The molecule has 1 unspecified atom stereocenters. The summed E-state index contributed by atoms with van der Waals surface area (Å²) in [6.07, 6.45) is 7.19. The molecule has 0 fully saturated rings. The number of hydrogen-bond acceptors (Lipinski definition) is 2. The van der Waals surface area contributed by atoms with Crippen molar-refractivity contribution in [1.82, 2.24) is 4.98 Å². The van der Waals surface area contributed by atoms with E-state index >= 15 is 0 Å². The van der Waals surface area contributed by atoms with Gasteiger partial charge in [-0.3, -0.25) is 4.98 Å². The van der Waals surface area contributed by atoms with Gasteiger partial charge in [0.1, 0.15) is 0 Å². The number of hydrogen-bond donors (Lipinski definition) is 1. The fourth-order valence-electron chi connectivity index (χ4n) is 2.01. The fraction of sp³-hybridized carbons (Fsp3) is 0.357. The molecule has 2 rings (SSSR count). The maximum atomic E-state index is 6.21. The van der Waals surface area contributed by atoms with Gasteiger partial charge >= 0.3 is 0 Å². The topological polar surface area (TPSA) is 38.9 Å². The summed E-state index contributed by atoms with van der Waals surface area (Å²) in [4.78, 5) is 4.26. The molecule has 1 heterocycles. The quantitative estimate of drug-likeness (QED) is 0.846. The number of unbranched alkanes of at least 4 members (excludes halogenated alkanes) is 1. The second kappa shape index (κ2) is 5.08. The second-order valence-electron chi connectivity index (χ2n) is 4.20. The Bertz CT molecular complexity index is 460. The molecule has 84 valence electrons. The molecular formula is C14H18N2. The first-order valence-corrected chi connectivity index (χ1v) is 5.91. The summed E-state index contributed by atoms with van der Waals surface area (Å²) in [6, 6.07) is 8.40. The normalized spacial score (nSPS) is 12.9. The van der Waals surface area contributed by atoms with Crippen molar-refractivity contribution in [2.24, 2.45) is 5.73 Å². The SMILES string of the molecule is CCCCC(N)c1cncc2ccccc12. The molecule has 1 aromatic carbocycles. The zero-order chi connectivity index (χ0) is 11.4. The van der Waals surface area contributed by atoms with Crippen LogP contribution in [0.25, 0.3) is 10.8 Å². The Hall–Kier alpha value is -1.41. The van der Waals surface area contributed by atoms with Crippen molar-refractivity contribution in [1.29, 1.82) is 0 Å². The molecule has 0 spiro atoms. The van der Waals surface area contributed by atoms with Crippen molar-refractivity contribution >= 4 is 10.8 Å². The first-order chi connectivity index (χ1) is 7.83. The van der Waals surface area contributed by atoms with Crippen LogP contribution in [0.1, 0.15) is 37.8 Å². The van der Waals surface area contributed by atoms with Crippen LogP contribution in [0.5, 0.6) is 0 Å². The summed E-state index contributed by atoms with van der Waals surface area (Å²) in [5.74, 6) is 0. The number of aromatic nitrogens is 1. The van der Waals surface area contributed by atoms with Crippen LogP contribution >= 0.6 is 0 Å². The average Bonchev–Trinajstić information content (AvgIpc) is 2.35. The molecule has 2 aromatic rings. The number of rotatable bonds is 4. The van der Waals surface area contributed by atoms with E-state index in [4.69, 9.17) is 5.73 Å². The number of pyridine rings is 1. The third kappa shape index (κ3) is 2.22. The Labute approximate surface area is 96.5 Å². The molecule has 0 aliphatic heterocycles. The predicted octanol–water partition coefficient (Wildman–Crippen LogP) is 3.42. The highest BCUT2D eigenvalue weighted by Crippen LogP contribution is 2.24. The van der Waals surface area contributed by atoms with Crippen LogP contribution in [0.2, 0.25) is 0 Å². The molecule has 0 aliphatic carbocycles. The summed E-state index contributed by atoms with van der Waals surface area (Å²) < 4.78 is 0. The van der Waals surface area contributed by atoms with E-state index in [9.17, 15) is 0 Å². The fourth-order valence-corrected chi connectivity index (χ4v) is 2.01. The lowest BCUT2D eigenvalue weighted by molar-refractivity contribution is 0.605. The van der Waals surface area contributed by atoms with Gasteiger partial charge in [0, 0.05) is 23.8 Å². The Morgan fingerprint density at radius 3 is 2.88 bits per heavy atom. The predicted molar refractivity (Wildman–Crippen MR) is 68.2 cm³/mol. The van der Waals surface area contributed by atoms with Gasteiger partial charge in [-0.15, -0.1) is 0 Å². The van der Waals surface area contributed by atoms with Crippen molar-refractivity contribution in [3.8, 4) is 0 Å². The molecule has 1 atom stereocenters. The molecule has 0 aliphatic rings. The van der Waals surface area contributed by atoms with Crippen molar-refractivity contribution in [3.05, 3.63) is 42.2 Å². The van der Waals surface area contributed by atoms with Gasteiger partial charge in [-0.05, 0) is 17.4 Å². The van der Waals surface area contributed by atoms with Gasteiger partial charge in [0.25, 0.3) is 0 Å². The Morgan fingerprint density at radius 1 is 1.25 bits per heavy atom. The van der Waals surface area contributed by atoms with E-state index in [2.05, 4.69) is 30.1 Å². The minimum Gasteiger partial charge on any atom is -0.324 e. The Morgan fingerprint density at radius 2 is 2.06 bits per heavy atom. The van der Waals surface area contributed by atoms with Crippen LogP contribution in [0.3, 0.4) is 0 Å². The monoisotopic (exact) mass is 214 g/mol. The summed E-state index contributed by atoms with van der Waals surface area (Å²) >= 11 is 0. The summed E-state index contributed by atoms with van der Waals surface area (Å²) in [6.45, 7) is 2.19. The standard InChI is InChI=1S/C14H18N2/c1-2-3-8-14(15)13-10-16-9-11-6-4-5-7-12(11)13/h4-7,9-10,14H,2-3,8,15H2,1H3. The van der Waals surface area contributed by atoms with Gasteiger partial charge in [0.15, 0.2) is 0 Å². The Balaban J connectivity index is 2.36. The van der Waals surface area contributed by atoms with Gasteiger partial charge in [-0.1, -0.05) is 44.0 Å². The zero-order valence-corrected chi connectivity index (χ0v) is 9.69. The molecule has 16 heavy (non-hydrogen) atoms. The molecule has 2 heteroatoms. The van der Waals surface area contributed by atoms with E-state index < -0.39 is 0 Å². The van der Waals surface area contributed by atoms with E-state index in [0.29, 0.717) is 0 Å². The molecule has 0 amide bonds. The number of fused-ring (bicyclic) bond motifs is 1. The molecule has 0 bridgehead atoms. The lowest BCUT2D eigenvalue weighted by atomic mass is 9.98. The molecule has 1 aromatic heterocycles. The molecule has 0 radical (unpaired) electrons. The molecular weight excluding hydrogens is 196 g/mol. The van der Waals surface area contributed by atoms with E-state index in [1.807, 2.05) is 18.5 Å². The highest BCUT2D eigenvalue weighted by atomic mass is 14.7. The van der Waals surface area contributed by atoms with Gasteiger partial charge in [-0.2, -0.15) is 0 Å². The van der Waals surface area contributed by atoms with E-state index in [1.165, 1.54) is 29.2 Å². The van der Waals surface area contributed by atoms with Crippen LogP contribution in [0, 0.1) is 0 Å². The van der Waals surface area contributed by atoms with E-state index in [1.54, 1.807) is 0 Å². The maximum absolute atomic E-state index is 6.21. The highest BCUT2D eigenvalue weighted by molar-refractivity contribution is 5.84. The van der Waals surface area contributed by atoms with Gasteiger partial charge < -0.3 is 5.73 Å². The molecule has 2 N–H and O–H groups in total. The minimum absolute atomic E-state index is 0.110. The van der Waals surface area contributed by atoms with Crippen molar-refractivity contribution in [2.45, 2.75) is 32.2 Å². The summed E-state index contributed by atoms with van der Waals surface area (Å²) in [5.41, 5.74) is 7.38. The van der Waals surface area contributed by atoms with Gasteiger partial charge in [-0.25, -0.2) is 0 Å². The Kier molecular flexibility index (Phi) is 3.52. The minimum atomic E-state index is 0.110. The second-order valence-corrected chi connectivity index (χ2v) is 4.20. The smallest absolute Gasteiger partial charge is 0.0346 e. The van der Waals surface area contributed by atoms with Crippen molar-refractivity contribution < 1.29 is 0 Å². The van der Waals surface area contributed by atoms with Gasteiger partial charge in [0.05, 0.1) is 0 Å². The zero-order valence-electron chi connectivity index (χ0n) is 9.69. The molecule has 2 nitrogen and oxygen atoms in total. The average molecular weight is 214 g/mol. The lowest BCUT2D eigenvalue weighted by Gasteiger charge is -2.13. The number of nitrogens with two attached hydrogens (primary N) is 1. The van der Waals surface area contributed by atoms with Crippen LogP contribution in [0.15, 0.2) is 36.7 Å². The number of nitrogens with zero attached hydrogens (tertiary/aromatic N) is 1. The molecule has 0 saturated carbocycles.